The number of nitrogens with one attached hydrogen (secondary N) is 1. The fourth-order valence-corrected chi connectivity index (χ4v) is 2.98. The minimum Gasteiger partial charge on any atom is -0.341 e. The number of hydrogen-bond acceptors (Lipinski definition) is 2. The number of hydrogen-bond donors (Lipinski definition) is 1. The van der Waals surface area contributed by atoms with Gasteiger partial charge in [-0.25, -0.2) is 0 Å². The van der Waals surface area contributed by atoms with Crippen LogP contribution in [0.25, 0.3) is 0 Å². The van der Waals surface area contributed by atoms with Crippen molar-refractivity contribution in [2.75, 3.05) is 19.6 Å². The molecule has 0 saturated carbocycles. The number of aryl methyl sites for hydroxylation is 1. The van der Waals surface area contributed by atoms with Crippen molar-refractivity contribution >= 4 is 5.91 Å². The molecule has 116 valence electrons. The van der Waals surface area contributed by atoms with Crippen LogP contribution in [0.4, 0.5) is 0 Å². The summed E-state index contributed by atoms with van der Waals surface area (Å²) in [6.45, 7) is 9.22. The molecule has 1 aromatic carbocycles. The van der Waals surface area contributed by atoms with Crippen molar-refractivity contribution in [1.29, 1.82) is 0 Å². The molecule has 0 radical (unpaired) electrons. The Balaban J connectivity index is 2.01. The fourth-order valence-electron chi connectivity index (χ4n) is 2.98. The predicted molar refractivity (Wildman–Crippen MR) is 87.3 cm³/mol. The van der Waals surface area contributed by atoms with E-state index in [4.69, 9.17) is 0 Å². The van der Waals surface area contributed by atoms with Crippen molar-refractivity contribution in [3.8, 4) is 0 Å². The minimum absolute atomic E-state index is 0.256. The molecule has 1 aliphatic heterocycles. The third kappa shape index (κ3) is 4.85. The largest absolute Gasteiger partial charge is 0.341 e. The molecule has 2 rings (SSSR count). The molecule has 0 spiro atoms. The van der Waals surface area contributed by atoms with Crippen molar-refractivity contribution in [2.24, 2.45) is 5.92 Å². The SMILES string of the molecule is Cc1ccccc1CC(=O)N(CC(C)C)CC1CCCN1. The zero-order valence-corrected chi connectivity index (χ0v) is 13.6. The van der Waals surface area contributed by atoms with Crippen LogP contribution >= 0.6 is 0 Å². The lowest BCUT2D eigenvalue weighted by atomic mass is 10.0. The Morgan fingerprint density at radius 3 is 2.76 bits per heavy atom. The average Bonchev–Trinajstić information content (AvgIpc) is 2.93. The zero-order valence-electron chi connectivity index (χ0n) is 13.6. The third-order valence-electron chi connectivity index (χ3n) is 4.14. The van der Waals surface area contributed by atoms with Gasteiger partial charge in [-0.3, -0.25) is 4.79 Å². The van der Waals surface area contributed by atoms with E-state index in [2.05, 4.69) is 43.1 Å². The van der Waals surface area contributed by atoms with E-state index in [9.17, 15) is 4.79 Å². The summed E-state index contributed by atoms with van der Waals surface area (Å²) < 4.78 is 0. The van der Waals surface area contributed by atoms with Gasteiger partial charge in [0.05, 0.1) is 6.42 Å². The molecule has 3 nitrogen and oxygen atoms in total. The quantitative estimate of drug-likeness (QED) is 0.873. The molecule has 1 heterocycles. The Bertz CT molecular complexity index is 464. The van der Waals surface area contributed by atoms with E-state index in [1.807, 2.05) is 12.1 Å². The van der Waals surface area contributed by atoms with E-state index >= 15 is 0 Å². The summed E-state index contributed by atoms with van der Waals surface area (Å²) in [5.74, 6) is 0.763. The highest BCUT2D eigenvalue weighted by Gasteiger charge is 2.22. The molecule has 0 bridgehead atoms. The maximum atomic E-state index is 12.7. The Morgan fingerprint density at radius 2 is 2.14 bits per heavy atom. The lowest BCUT2D eigenvalue weighted by Gasteiger charge is -2.28. The van der Waals surface area contributed by atoms with Crippen LogP contribution in [0, 0.1) is 12.8 Å². The molecule has 0 aromatic heterocycles. The van der Waals surface area contributed by atoms with Gasteiger partial charge in [0, 0.05) is 19.1 Å². The molecular weight excluding hydrogens is 260 g/mol. The molecule has 1 aromatic rings. The van der Waals surface area contributed by atoms with Gasteiger partial charge in [0.1, 0.15) is 0 Å². The molecule has 0 aliphatic carbocycles. The molecule has 1 amide bonds. The van der Waals surface area contributed by atoms with Crippen LogP contribution in [-0.2, 0) is 11.2 Å². The first-order valence-electron chi connectivity index (χ1n) is 8.12. The minimum atomic E-state index is 0.256. The van der Waals surface area contributed by atoms with E-state index in [1.54, 1.807) is 0 Å². The number of carbonyl (C=O) groups excluding carboxylic acids is 1. The summed E-state index contributed by atoms with van der Waals surface area (Å²) in [7, 11) is 0. The number of carbonyl (C=O) groups is 1. The van der Waals surface area contributed by atoms with Crippen LogP contribution < -0.4 is 5.32 Å². The monoisotopic (exact) mass is 288 g/mol. The maximum absolute atomic E-state index is 12.7. The van der Waals surface area contributed by atoms with Gasteiger partial charge in [-0.1, -0.05) is 38.1 Å². The van der Waals surface area contributed by atoms with E-state index in [0.717, 1.165) is 25.2 Å². The predicted octanol–water partition coefficient (Wildman–Crippen LogP) is 2.77. The summed E-state index contributed by atoms with van der Waals surface area (Å²) >= 11 is 0. The number of nitrogens with zero attached hydrogens (tertiary/aromatic N) is 1. The standard InChI is InChI=1S/C18H28N2O/c1-14(2)12-20(13-17-9-6-10-19-17)18(21)11-16-8-5-4-7-15(16)3/h4-5,7-8,14,17,19H,6,9-13H2,1-3H3. The van der Waals surface area contributed by atoms with Crippen LogP contribution in [0.5, 0.6) is 0 Å². The molecule has 1 aliphatic rings. The summed E-state index contributed by atoms with van der Waals surface area (Å²) in [5, 5.41) is 3.50. The Hall–Kier alpha value is -1.35. The number of amides is 1. The van der Waals surface area contributed by atoms with Gasteiger partial charge in [-0.15, -0.1) is 0 Å². The highest BCUT2D eigenvalue weighted by atomic mass is 16.2. The molecule has 1 N–H and O–H groups in total. The van der Waals surface area contributed by atoms with Gasteiger partial charge in [0.15, 0.2) is 0 Å². The number of rotatable bonds is 6. The molecule has 3 heteroatoms. The van der Waals surface area contributed by atoms with Crippen molar-refractivity contribution in [2.45, 2.75) is 46.1 Å². The van der Waals surface area contributed by atoms with Gasteiger partial charge in [-0.2, -0.15) is 0 Å². The van der Waals surface area contributed by atoms with Crippen LogP contribution in [0.1, 0.15) is 37.8 Å². The second-order valence-corrected chi connectivity index (χ2v) is 6.59. The van der Waals surface area contributed by atoms with Gasteiger partial charge in [0.2, 0.25) is 5.91 Å². The topological polar surface area (TPSA) is 32.3 Å². The van der Waals surface area contributed by atoms with Gasteiger partial charge in [-0.05, 0) is 43.4 Å². The van der Waals surface area contributed by atoms with Crippen molar-refractivity contribution in [3.63, 3.8) is 0 Å². The van der Waals surface area contributed by atoms with Gasteiger partial charge in [0.25, 0.3) is 0 Å². The van der Waals surface area contributed by atoms with Crippen LogP contribution in [0.2, 0.25) is 0 Å². The van der Waals surface area contributed by atoms with E-state index in [0.29, 0.717) is 18.4 Å². The van der Waals surface area contributed by atoms with E-state index in [-0.39, 0.29) is 5.91 Å². The molecule has 1 atom stereocenters. The lowest BCUT2D eigenvalue weighted by Crippen LogP contribution is -2.43. The molecule has 1 unspecified atom stereocenters. The summed E-state index contributed by atoms with van der Waals surface area (Å²) in [4.78, 5) is 14.7. The van der Waals surface area contributed by atoms with Crippen LogP contribution in [0.15, 0.2) is 24.3 Å². The first-order valence-corrected chi connectivity index (χ1v) is 8.12. The Kier molecular flexibility index (Phi) is 5.80. The van der Waals surface area contributed by atoms with E-state index < -0.39 is 0 Å². The zero-order chi connectivity index (χ0) is 15.2. The Labute approximate surface area is 128 Å². The second-order valence-electron chi connectivity index (χ2n) is 6.59. The molecular formula is C18H28N2O. The summed E-state index contributed by atoms with van der Waals surface area (Å²) in [5.41, 5.74) is 2.35. The fraction of sp³-hybridized carbons (Fsp3) is 0.611. The van der Waals surface area contributed by atoms with E-state index in [1.165, 1.54) is 18.4 Å². The Morgan fingerprint density at radius 1 is 1.38 bits per heavy atom. The molecule has 21 heavy (non-hydrogen) atoms. The van der Waals surface area contributed by atoms with Crippen molar-refractivity contribution in [3.05, 3.63) is 35.4 Å². The highest BCUT2D eigenvalue weighted by molar-refractivity contribution is 5.79. The third-order valence-corrected chi connectivity index (χ3v) is 4.14. The van der Waals surface area contributed by atoms with Gasteiger partial charge < -0.3 is 10.2 Å². The second kappa shape index (κ2) is 7.60. The van der Waals surface area contributed by atoms with Crippen LogP contribution in [-0.4, -0.2) is 36.5 Å². The van der Waals surface area contributed by atoms with Crippen LogP contribution in [0.3, 0.4) is 0 Å². The lowest BCUT2D eigenvalue weighted by molar-refractivity contribution is -0.131. The summed E-state index contributed by atoms with van der Waals surface area (Å²) in [6.07, 6.45) is 2.94. The number of benzene rings is 1. The first-order chi connectivity index (χ1) is 10.1. The summed E-state index contributed by atoms with van der Waals surface area (Å²) in [6, 6.07) is 8.66. The molecule has 1 fully saturated rings. The maximum Gasteiger partial charge on any atom is 0.227 e. The highest BCUT2D eigenvalue weighted by Crippen LogP contribution is 2.13. The van der Waals surface area contributed by atoms with Gasteiger partial charge >= 0.3 is 0 Å². The van der Waals surface area contributed by atoms with Crippen molar-refractivity contribution < 1.29 is 4.79 Å². The normalized spacial score (nSPS) is 18.2. The first kappa shape index (κ1) is 16.0. The smallest absolute Gasteiger partial charge is 0.227 e. The molecule has 1 saturated heterocycles. The average molecular weight is 288 g/mol. The van der Waals surface area contributed by atoms with Crippen molar-refractivity contribution in [1.82, 2.24) is 10.2 Å².